The Balaban J connectivity index is 1.91. The molecule has 0 bridgehead atoms. The maximum Gasteiger partial charge on any atom is 0.325 e. The van der Waals surface area contributed by atoms with E-state index >= 15 is 0 Å². The van der Waals surface area contributed by atoms with Gasteiger partial charge in [-0.05, 0) is 38.4 Å². The van der Waals surface area contributed by atoms with Crippen LogP contribution in [0.25, 0.3) is 0 Å². The summed E-state index contributed by atoms with van der Waals surface area (Å²) in [5.74, 6) is 0.924. The lowest BCUT2D eigenvalue weighted by atomic mass is 10.2. The summed E-state index contributed by atoms with van der Waals surface area (Å²) < 4.78 is 4.92. The molecule has 1 atom stereocenters. The summed E-state index contributed by atoms with van der Waals surface area (Å²) >= 11 is 1.72. The number of hydrogen-bond donors (Lipinski definition) is 0. The van der Waals surface area contributed by atoms with Gasteiger partial charge in [-0.25, -0.2) is 0 Å². The van der Waals surface area contributed by atoms with Gasteiger partial charge in [0.25, 0.3) is 0 Å². The van der Waals surface area contributed by atoms with Gasteiger partial charge in [0.1, 0.15) is 6.54 Å². The number of carbonyl (C=O) groups is 2. The average Bonchev–Trinajstić information content (AvgIpc) is 3.00. The number of rotatable bonds is 5. The zero-order chi connectivity index (χ0) is 12.3. The first-order valence-electron chi connectivity index (χ1n) is 6.30. The summed E-state index contributed by atoms with van der Waals surface area (Å²) in [6.07, 6.45) is 4.12. The van der Waals surface area contributed by atoms with Crippen LogP contribution in [0.4, 0.5) is 0 Å². The Kier molecular flexibility index (Phi) is 4.31. The minimum absolute atomic E-state index is 0.0741. The first-order valence-corrected chi connectivity index (χ1v) is 7.35. The highest BCUT2D eigenvalue weighted by molar-refractivity contribution is 8.00. The fraction of sp³-hybridized carbons (Fsp3) is 0.833. The Morgan fingerprint density at radius 3 is 2.65 bits per heavy atom. The molecule has 1 amide bonds. The van der Waals surface area contributed by atoms with Crippen LogP contribution < -0.4 is 0 Å². The van der Waals surface area contributed by atoms with Gasteiger partial charge < -0.3 is 9.64 Å². The smallest absolute Gasteiger partial charge is 0.325 e. The fourth-order valence-electron chi connectivity index (χ4n) is 2.08. The second-order valence-electron chi connectivity index (χ2n) is 4.50. The predicted octanol–water partition coefficient (Wildman–Crippen LogP) is 1.44. The molecule has 0 aromatic rings. The van der Waals surface area contributed by atoms with E-state index in [1.54, 1.807) is 23.6 Å². The maximum atomic E-state index is 12.3. The van der Waals surface area contributed by atoms with Gasteiger partial charge in [-0.1, -0.05) is 0 Å². The van der Waals surface area contributed by atoms with Crippen LogP contribution in [-0.4, -0.2) is 47.0 Å². The Hall–Kier alpha value is -0.710. The van der Waals surface area contributed by atoms with E-state index in [0.717, 1.165) is 31.4 Å². The molecule has 4 nitrogen and oxygen atoms in total. The van der Waals surface area contributed by atoms with Crippen LogP contribution in [0.2, 0.25) is 0 Å². The lowest BCUT2D eigenvalue weighted by Crippen LogP contribution is -2.42. The first-order chi connectivity index (χ1) is 8.22. The molecule has 0 radical (unpaired) electrons. The van der Waals surface area contributed by atoms with Crippen molar-refractivity contribution in [3.8, 4) is 0 Å². The van der Waals surface area contributed by atoms with Crippen molar-refractivity contribution < 1.29 is 14.3 Å². The molecule has 5 heteroatoms. The van der Waals surface area contributed by atoms with E-state index < -0.39 is 0 Å². The lowest BCUT2D eigenvalue weighted by Gasteiger charge is -2.24. The molecule has 2 aliphatic rings. The number of ether oxygens (including phenoxy) is 1. The van der Waals surface area contributed by atoms with E-state index in [9.17, 15) is 9.59 Å². The molecular weight excluding hydrogens is 238 g/mol. The van der Waals surface area contributed by atoms with Crippen LogP contribution in [0.1, 0.15) is 32.6 Å². The van der Waals surface area contributed by atoms with E-state index in [2.05, 4.69) is 0 Å². The SMILES string of the molecule is CCOC(=O)CN(C(=O)C1CCCS1)C1CC1. The van der Waals surface area contributed by atoms with Gasteiger partial charge in [0, 0.05) is 6.04 Å². The third kappa shape index (κ3) is 3.37. The highest BCUT2D eigenvalue weighted by Crippen LogP contribution is 2.33. The third-order valence-corrected chi connectivity index (χ3v) is 4.44. The van der Waals surface area contributed by atoms with Crippen molar-refractivity contribution in [3.05, 3.63) is 0 Å². The van der Waals surface area contributed by atoms with Gasteiger partial charge in [0.2, 0.25) is 5.91 Å². The highest BCUT2D eigenvalue weighted by Gasteiger charge is 2.38. The molecule has 0 N–H and O–H groups in total. The Labute approximate surface area is 106 Å². The fourth-order valence-corrected chi connectivity index (χ4v) is 3.31. The van der Waals surface area contributed by atoms with Crippen LogP contribution in [0.15, 0.2) is 0 Å². The minimum Gasteiger partial charge on any atom is -0.465 e. The second kappa shape index (κ2) is 5.76. The molecular formula is C12H19NO3S. The van der Waals surface area contributed by atoms with Crippen molar-refractivity contribution in [2.24, 2.45) is 0 Å². The molecule has 0 aromatic heterocycles. The van der Waals surface area contributed by atoms with Crippen molar-refractivity contribution in [1.29, 1.82) is 0 Å². The predicted molar refractivity (Wildman–Crippen MR) is 66.8 cm³/mol. The van der Waals surface area contributed by atoms with Crippen LogP contribution in [-0.2, 0) is 14.3 Å². The van der Waals surface area contributed by atoms with Gasteiger partial charge in [0.05, 0.1) is 11.9 Å². The molecule has 2 fully saturated rings. The van der Waals surface area contributed by atoms with Crippen LogP contribution in [0.5, 0.6) is 0 Å². The molecule has 1 saturated carbocycles. The van der Waals surface area contributed by atoms with Crippen molar-refractivity contribution in [2.45, 2.75) is 43.9 Å². The van der Waals surface area contributed by atoms with E-state index in [-0.39, 0.29) is 29.7 Å². The van der Waals surface area contributed by atoms with Crippen molar-refractivity contribution in [1.82, 2.24) is 4.90 Å². The second-order valence-corrected chi connectivity index (χ2v) is 5.81. The van der Waals surface area contributed by atoms with Crippen molar-refractivity contribution in [3.63, 3.8) is 0 Å². The Morgan fingerprint density at radius 2 is 2.12 bits per heavy atom. The van der Waals surface area contributed by atoms with Crippen molar-refractivity contribution in [2.75, 3.05) is 18.9 Å². The number of hydrogen-bond acceptors (Lipinski definition) is 4. The summed E-state index contributed by atoms with van der Waals surface area (Å²) in [6, 6.07) is 0.285. The zero-order valence-electron chi connectivity index (χ0n) is 10.2. The summed E-state index contributed by atoms with van der Waals surface area (Å²) in [6.45, 7) is 2.30. The maximum absolute atomic E-state index is 12.3. The first kappa shape index (κ1) is 12.7. The summed E-state index contributed by atoms with van der Waals surface area (Å²) in [4.78, 5) is 25.5. The monoisotopic (exact) mass is 257 g/mol. The highest BCUT2D eigenvalue weighted by atomic mass is 32.2. The topological polar surface area (TPSA) is 46.6 Å². The minimum atomic E-state index is -0.282. The Bertz CT molecular complexity index is 298. The number of thioether (sulfide) groups is 1. The van der Waals surface area contributed by atoms with Crippen molar-refractivity contribution >= 4 is 23.6 Å². The molecule has 1 saturated heterocycles. The van der Waals surface area contributed by atoms with E-state index in [1.807, 2.05) is 0 Å². The molecule has 1 aliphatic carbocycles. The van der Waals surface area contributed by atoms with E-state index in [1.165, 1.54) is 0 Å². The summed E-state index contributed by atoms with van der Waals surface area (Å²) in [5, 5.41) is 0.0741. The molecule has 2 rings (SSSR count). The van der Waals surface area contributed by atoms with Crippen LogP contribution in [0, 0.1) is 0 Å². The molecule has 1 heterocycles. The quantitative estimate of drug-likeness (QED) is 0.699. The zero-order valence-corrected chi connectivity index (χ0v) is 11.0. The van der Waals surface area contributed by atoms with Gasteiger partial charge in [0.15, 0.2) is 0 Å². The Morgan fingerprint density at radius 1 is 1.35 bits per heavy atom. The molecule has 17 heavy (non-hydrogen) atoms. The largest absolute Gasteiger partial charge is 0.465 e. The van der Waals surface area contributed by atoms with Gasteiger partial charge in [-0.15, -0.1) is 11.8 Å². The van der Waals surface area contributed by atoms with E-state index in [4.69, 9.17) is 4.74 Å². The number of nitrogens with zero attached hydrogens (tertiary/aromatic N) is 1. The average molecular weight is 257 g/mol. The summed E-state index contributed by atoms with van der Waals surface area (Å²) in [7, 11) is 0. The summed E-state index contributed by atoms with van der Waals surface area (Å²) in [5.41, 5.74) is 0. The molecule has 0 aromatic carbocycles. The number of esters is 1. The molecule has 1 aliphatic heterocycles. The van der Waals surface area contributed by atoms with Gasteiger partial charge >= 0.3 is 5.97 Å². The normalized spacial score (nSPS) is 23.5. The molecule has 1 unspecified atom stereocenters. The van der Waals surface area contributed by atoms with Crippen LogP contribution >= 0.6 is 11.8 Å². The standard InChI is InChI=1S/C12H19NO3S/c1-2-16-11(14)8-13(9-5-6-9)12(15)10-4-3-7-17-10/h9-10H,2-8H2,1H3. The van der Waals surface area contributed by atoms with Gasteiger partial charge in [-0.3, -0.25) is 9.59 Å². The van der Waals surface area contributed by atoms with Gasteiger partial charge in [-0.2, -0.15) is 0 Å². The third-order valence-electron chi connectivity index (χ3n) is 3.08. The molecule has 0 spiro atoms. The lowest BCUT2D eigenvalue weighted by molar-refractivity contribution is -0.149. The van der Waals surface area contributed by atoms with Crippen LogP contribution in [0.3, 0.4) is 0 Å². The number of carbonyl (C=O) groups excluding carboxylic acids is 2. The number of amides is 1. The van der Waals surface area contributed by atoms with E-state index in [0.29, 0.717) is 6.61 Å². The molecule has 96 valence electrons.